The van der Waals surface area contributed by atoms with Gasteiger partial charge in [0.2, 0.25) is 0 Å². The average molecular weight is 337 g/mol. The molecule has 2 heterocycles. The normalized spacial score (nSPS) is 10.8. The first-order chi connectivity index (χ1) is 10.7. The van der Waals surface area contributed by atoms with Crippen LogP contribution in [-0.2, 0) is 6.54 Å². The van der Waals surface area contributed by atoms with Crippen molar-refractivity contribution in [1.29, 1.82) is 0 Å². The minimum Gasteiger partial charge on any atom is -0.264 e. The Hall–Kier alpha value is -1.47. The zero-order chi connectivity index (χ0) is 15.8. The smallest absolute Gasteiger partial charge is 0.264 e. The van der Waals surface area contributed by atoms with Crippen molar-refractivity contribution in [3.8, 4) is 0 Å². The summed E-state index contributed by atoms with van der Waals surface area (Å²) in [6.07, 6.45) is 8.29. The molecule has 0 spiro atoms. The third kappa shape index (κ3) is 5.06. The van der Waals surface area contributed by atoms with Crippen molar-refractivity contribution in [3.05, 3.63) is 45.3 Å². The molecule has 22 heavy (non-hydrogen) atoms. The molecule has 0 aliphatic rings. The van der Waals surface area contributed by atoms with Gasteiger partial charge < -0.3 is 0 Å². The Balaban J connectivity index is 2.02. The number of hydrogen-bond donors (Lipinski definition) is 1. The maximum Gasteiger partial charge on any atom is 0.444 e. The molecule has 0 saturated heterocycles. The molecule has 5 nitrogen and oxygen atoms in total. The van der Waals surface area contributed by atoms with Gasteiger partial charge in [-0.15, -0.1) is 0 Å². The van der Waals surface area contributed by atoms with Gasteiger partial charge in [0.15, 0.2) is 0 Å². The number of unbranched alkanes of at least 4 members (excludes halogenated alkanes) is 3. The van der Waals surface area contributed by atoms with Gasteiger partial charge in [0.05, 0.1) is 0 Å². The molecule has 0 aliphatic carbocycles. The Morgan fingerprint density at radius 3 is 2.95 bits per heavy atom. The number of rotatable bonds is 8. The van der Waals surface area contributed by atoms with Gasteiger partial charge in [-0.1, -0.05) is 44.0 Å². The van der Waals surface area contributed by atoms with Gasteiger partial charge in [0.1, 0.15) is 6.54 Å². The summed E-state index contributed by atoms with van der Waals surface area (Å²) in [4.78, 5) is 22.2. The van der Waals surface area contributed by atoms with Crippen LogP contribution in [0.3, 0.4) is 0 Å². The molecule has 0 bridgehead atoms. The quantitative estimate of drug-likeness (QED) is 0.457. The van der Waals surface area contributed by atoms with Crippen LogP contribution in [-0.4, -0.2) is 20.3 Å². The van der Waals surface area contributed by atoms with Crippen molar-refractivity contribution in [2.24, 2.45) is 0 Å². The van der Waals surface area contributed by atoms with Crippen molar-refractivity contribution >= 4 is 24.0 Å². The summed E-state index contributed by atoms with van der Waals surface area (Å²) >= 11 is 6.91. The van der Waals surface area contributed by atoms with Gasteiger partial charge in [-0.25, -0.2) is 14.8 Å². The Bertz CT molecular complexity index is 665. The Labute approximate surface area is 139 Å². The van der Waals surface area contributed by atoms with E-state index in [-0.39, 0.29) is 5.69 Å². The lowest BCUT2D eigenvalue weighted by molar-refractivity contribution is -0.450. The number of aromatic nitrogens is 4. The maximum absolute atomic E-state index is 12.2. The molecule has 0 fully saturated rings. The predicted octanol–water partition coefficient (Wildman–Crippen LogP) is 2.84. The Kier molecular flexibility index (Phi) is 6.79. The lowest BCUT2D eigenvalue weighted by Crippen LogP contribution is -2.32. The van der Waals surface area contributed by atoms with Gasteiger partial charge >= 0.3 is 10.5 Å². The highest BCUT2D eigenvalue weighted by atomic mass is 32.2. The van der Waals surface area contributed by atoms with E-state index in [4.69, 9.17) is 12.2 Å². The van der Waals surface area contributed by atoms with E-state index in [1.54, 1.807) is 24.2 Å². The number of nitrogens with zero attached hydrogens (tertiary/aromatic N) is 2. The van der Waals surface area contributed by atoms with E-state index in [1.807, 2.05) is 12.1 Å². The van der Waals surface area contributed by atoms with E-state index < -0.39 is 0 Å². The van der Waals surface area contributed by atoms with E-state index in [0.717, 1.165) is 22.9 Å². The van der Waals surface area contributed by atoms with Gasteiger partial charge in [-0.05, 0) is 24.7 Å². The molecule has 2 N–H and O–H groups in total. The zero-order valence-corrected chi connectivity index (χ0v) is 14.3. The third-order valence-electron chi connectivity index (χ3n) is 3.24. The van der Waals surface area contributed by atoms with E-state index >= 15 is 0 Å². The second-order valence-corrected chi connectivity index (χ2v) is 6.54. The molecular formula is C15H21N4OS2+. The van der Waals surface area contributed by atoms with Crippen LogP contribution in [0.5, 0.6) is 0 Å². The number of pyridine rings is 1. The van der Waals surface area contributed by atoms with Gasteiger partial charge in [-0.2, -0.15) is 4.57 Å². The summed E-state index contributed by atoms with van der Waals surface area (Å²) < 4.78 is 1.94. The minimum absolute atomic E-state index is 0.191. The van der Waals surface area contributed by atoms with Crippen molar-refractivity contribution in [2.45, 2.75) is 44.3 Å². The van der Waals surface area contributed by atoms with Crippen LogP contribution in [0.2, 0.25) is 0 Å². The maximum atomic E-state index is 12.2. The fourth-order valence-corrected chi connectivity index (χ4v) is 3.24. The van der Waals surface area contributed by atoms with Crippen molar-refractivity contribution in [2.75, 3.05) is 5.75 Å². The summed E-state index contributed by atoms with van der Waals surface area (Å²) in [5, 5.41) is 0.730. The molecule has 0 atom stereocenters. The first-order valence-corrected chi connectivity index (χ1v) is 8.88. The minimum atomic E-state index is -0.191. The fraction of sp³-hybridized carbons (Fsp3) is 0.467. The zero-order valence-electron chi connectivity index (χ0n) is 12.7. The molecule has 2 aromatic rings. The Morgan fingerprint density at radius 2 is 2.27 bits per heavy atom. The largest absolute Gasteiger partial charge is 0.444 e. The van der Waals surface area contributed by atoms with E-state index in [0.29, 0.717) is 11.3 Å². The standard InChI is InChI=1S/C15H20N4OS2/c1-2-3-4-5-9-22-13-17-14(20)19(15(21)18-13)11-12-7-6-8-16-10-12/h6-8,10H,2-5,9,11H2,1H3,(H,17,18,20,21)/p+1. The van der Waals surface area contributed by atoms with Gasteiger partial charge in [-0.3, -0.25) is 4.98 Å². The summed E-state index contributed by atoms with van der Waals surface area (Å²) in [6, 6.07) is 3.77. The highest BCUT2D eigenvalue weighted by Crippen LogP contribution is 2.12. The molecule has 0 aromatic carbocycles. The highest BCUT2D eigenvalue weighted by molar-refractivity contribution is 7.99. The van der Waals surface area contributed by atoms with Crippen LogP contribution < -0.4 is 10.7 Å². The lowest BCUT2D eigenvalue weighted by Gasteiger charge is -2.02. The summed E-state index contributed by atoms with van der Waals surface area (Å²) in [7, 11) is 0. The summed E-state index contributed by atoms with van der Waals surface area (Å²) in [5.41, 5.74) is 0.751. The van der Waals surface area contributed by atoms with Gasteiger partial charge in [0.25, 0.3) is 5.16 Å². The predicted molar refractivity (Wildman–Crippen MR) is 90.6 cm³/mol. The molecule has 0 aliphatic heterocycles. The molecule has 2 aromatic heterocycles. The number of H-pyrrole nitrogens is 2. The van der Waals surface area contributed by atoms with E-state index in [9.17, 15) is 4.79 Å². The fourth-order valence-electron chi connectivity index (χ4n) is 2.05. The van der Waals surface area contributed by atoms with Crippen molar-refractivity contribution < 1.29 is 4.98 Å². The first kappa shape index (κ1) is 16.9. The molecule has 0 radical (unpaired) electrons. The van der Waals surface area contributed by atoms with Crippen LogP contribution in [0, 0.1) is 4.77 Å². The number of nitrogens with one attached hydrogen (secondary N) is 2. The van der Waals surface area contributed by atoms with E-state index in [1.165, 1.54) is 23.8 Å². The molecule has 7 heteroatoms. The van der Waals surface area contributed by atoms with Crippen LogP contribution in [0.4, 0.5) is 0 Å². The van der Waals surface area contributed by atoms with Crippen LogP contribution in [0.1, 0.15) is 38.2 Å². The average Bonchev–Trinajstić information content (AvgIpc) is 2.52. The van der Waals surface area contributed by atoms with Crippen LogP contribution >= 0.6 is 24.0 Å². The monoisotopic (exact) mass is 337 g/mol. The summed E-state index contributed by atoms with van der Waals surface area (Å²) in [5.74, 6) is 0.980. The van der Waals surface area contributed by atoms with Crippen LogP contribution in [0.25, 0.3) is 0 Å². The molecule has 2 rings (SSSR count). The number of aromatic amines is 2. The molecular weight excluding hydrogens is 316 g/mol. The number of hydrogen-bond acceptors (Lipinski definition) is 4. The third-order valence-corrected chi connectivity index (χ3v) is 4.55. The summed E-state index contributed by atoms with van der Waals surface area (Å²) in [6.45, 7) is 2.61. The molecule has 118 valence electrons. The molecule has 0 saturated carbocycles. The second-order valence-electron chi connectivity index (χ2n) is 5.05. The van der Waals surface area contributed by atoms with Crippen molar-refractivity contribution in [3.63, 3.8) is 0 Å². The molecule has 0 amide bonds. The highest BCUT2D eigenvalue weighted by Gasteiger charge is 2.11. The molecule has 0 unspecified atom stereocenters. The topological polar surface area (TPSA) is 64.8 Å². The lowest BCUT2D eigenvalue weighted by atomic mass is 10.2. The van der Waals surface area contributed by atoms with Crippen molar-refractivity contribution in [1.82, 2.24) is 14.5 Å². The number of thioether (sulfide) groups is 1. The second kappa shape index (κ2) is 8.85. The SMILES string of the molecule is CCCCCCSc1[nH]c(=O)n(Cc2cccnc2)c(=S)[nH+]1. The first-order valence-electron chi connectivity index (χ1n) is 7.49. The van der Waals surface area contributed by atoms with Gasteiger partial charge in [0, 0.05) is 23.7 Å². The Morgan fingerprint density at radius 1 is 1.41 bits per heavy atom. The van der Waals surface area contributed by atoms with Crippen LogP contribution in [0.15, 0.2) is 34.5 Å². The van der Waals surface area contributed by atoms with E-state index in [2.05, 4.69) is 21.9 Å².